The molecule has 2 atom stereocenters. The standard InChI is InChI=1S/C17H30N4/c1-5-21(15-9-7-6-8-14(15)11-18)16-10-13(4)19-17(20-16)12(2)3/h10,12,14-15H,5-9,11,18H2,1-4H3. The van der Waals surface area contributed by atoms with E-state index < -0.39 is 0 Å². The molecular formula is C17H30N4. The molecule has 1 aromatic heterocycles. The highest BCUT2D eigenvalue weighted by atomic mass is 15.2. The van der Waals surface area contributed by atoms with E-state index in [1.165, 1.54) is 25.7 Å². The van der Waals surface area contributed by atoms with Gasteiger partial charge in [0.05, 0.1) is 0 Å². The number of aryl methyl sites for hydroxylation is 1. The van der Waals surface area contributed by atoms with Crippen molar-refractivity contribution in [3.05, 3.63) is 17.6 Å². The van der Waals surface area contributed by atoms with E-state index in [1.807, 2.05) is 0 Å². The van der Waals surface area contributed by atoms with E-state index in [1.54, 1.807) is 0 Å². The molecule has 2 N–H and O–H groups in total. The van der Waals surface area contributed by atoms with Gasteiger partial charge in [-0.2, -0.15) is 0 Å². The molecule has 2 rings (SSSR count). The lowest BCUT2D eigenvalue weighted by atomic mass is 9.83. The van der Waals surface area contributed by atoms with Crippen LogP contribution in [0.2, 0.25) is 0 Å². The van der Waals surface area contributed by atoms with E-state index in [-0.39, 0.29) is 0 Å². The van der Waals surface area contributed by atoms with Gasteiger partial charge in [0.25, 0.3) is 0 Å². The predicted octanol–water partition coefficient (Wildman–Crippen LogP) is 3.25. The minimum absolute atomic E-state index is 0.360. The lowest BCUT2D eigenvalue weighted by molar-refractivity contribution is 0.299. The molecule has 1 fully saturated rings. The smallest absolute Gasteiger partial charge is 0.133 e. The molecule has 21 heavy (non-hydrogen) atoms. The van der Waals surface area contributed by atoms with Crippen molar-refractivity contribution in [1.82, 2.24) is 9.97 Å². The highest BCUT2D eigenvalue weighted by Gasteiger charge is 2.29. The Hall–Kier alpha value is -1.16. The van der Waals surface area contributed by atoms with Crippen molar-refractivity contribution in [3.63, 3.8) is 0 Å². The van der Waals surface area contributed by atoms with Crippen LogP contribution in [-0.2, 0) is 0 Å². The Morgan fingerprint density at radius 1 is 1.29 bits per heavy atom. The van der Waals surface area contributed by atoms with Crippen molar-refractivity contribution in [2.24, 2.45) is 11.7 Å². The van der Waals surface area contributed by atoms with Crippen LogP contribution in [0.3, 0.4) is 0 Å². The van der Waals surface area contributed by atoms with Gasteiger partial charge in [-0.05, 0) is 39.2 Å². The van der Waals surface area contributed by atoms with E-state index in [0.29, 0.717) is 17.9 Å². The summed E-state index contributed by atoms with van der Waals surface area (Å²) in [5.41, 5.74) is 7.07. The van der Waals surface area contributed by atoms with E-state index in [2.05, 4.69) is 43.6 Å². The van der Waals surface area contributed by atoms with Crippen LogP contribution in [0.1, 0.15) is 63.9 Å². The third-order valence-electron chi connectivity index (χ3n) is 4.58. The molecule has 4 nitrogen and oxygen atoms in total. The summed E-state index contributed by atoms with van der Waals surface area (Å²) in [7, 11) is 0. The second-order valence-electron chi connectivity index (χ2n) is 6.51. The van der Waals surface area contributed by atoms with Gasteiger partial charge in [-0.1, -0.05) is 26.7 Å². The molecule has 0 aliphatic heterocycles. The van der Waals surface area contributed by atoms with Gasteiger partial charge in [0.15, 0.2) is 0 Å². The maximum atomic E-state index is 6.01. The van der Waals surface area contributed by atoms with Crippen molar-refractivity contribution in [2.45, 2.75) is 65.3 Å². The van der Waals surface area contributed by atoms with Gasteiger partial charge in [0.1, 0.15) is 11.6 Å². The SMILES string of the molecule is CCN(c1cc(C)nc(C(C)C)n1)C1CCCCC1CN. The average molecular weight is 290 g/mol. The molecule has 0 aromatic carbocycles. The molecule has 0 saturated heterocycles. The van der Waals surface area contributed by atoms with Crippen LogP contribution in [0.4, 0.5) is 5.82 Å². The summed E-state index contributed by atoms with van der Waals surface area (Å²) in [6, 6.07) is 2.65. The third-order valence-corrected chi connectivity index (χ3v) is 4.58. The zero-order valence-corrected chi connectivity index (χ0v) is 14.0. The summed E-state index contributed by atoms with van der Waals surface area (Å²) in [5.74, 6) is 2.98. The number of rotatable bonds is 5. The first-order chi connectivity index (χ1) is 10.1. The van der Waals surface area contributed by atoms with Gasteiger partial charge in [0, 0.05) is 30.3 Å². The molecule has 4 heteroatoms. The first kappa shape index (κ1) is 16.2. The van der Waals surface area contributed by atoms with Crippen molar-refractivity contribution in [2.75, 3.05) is 18.0 Å². The normalized spacial score (nSPS) is 22.6. The second-order valence-corrected chi connectivity index (χ2v) is 6.51. The molecule has 1 aliphatic rings. The fourth-order valence-corrected chi connectivity index (χ4v) is 3.42. The molecular weight excluding hydrogens is 260 g/mol. The zero-order valence-electron chi connectivity index (χ0n) is 14.0. The zero-order chi connectivity index (χ0) is 15.4. The summed E-state index contributed by atoms with van der Waals surface area (Å²) in [4.78, 5) is 11.8. The Morgan fingerprint density at radius 2 is 2.00 bits per heavy atom. The quantitative estimate of drug-likeness (QED) is 0.904. The first-order valence-electron chi connectivity index (χ1n) is 8.39. The molecule has 0 amide bonds. The number of nitrogens with zero attached hydrogens (tertiary/aromatic N) is 3. The lowest BCUT2D eigenvalue weighted by Crippen LogP contribution is -2.45. The lowest BCUT2D eigenvalue weighted by Gasteiger charge is -2.40. The van der Waals surface area contributed by atoms with Crippen LogP contribution in [0.25, 0.3) is 0 Å². The van der Waals surface area contributed by atoms with Gasteiger partial charge in [-0.15, -0.1) is 0 Å². The minimum Gasteiger partial charge on any atom is -0.353 e. The Balaban J connectivity index is 2.31. The first-order valence-corrected chi connectivity index (χ1v) is 8.39. The summed E-state index contributed by atoms with van der Waals surface area (Å²) in [5, 5.41) is 0. The van der Waals surface area contributed by atoms with Crippen molar-refractivity contribution >= 4 is 5.82 Å². The molecule has 118 valence electrons. The van der Waals surface area contributed by atoms with E-state index in [9.17, 15) is 0 Å². The van der Waals surface area contributed by atoms with Gasteiger partial charge >= 0.3 is 0 Å². The molecule has 0 spiro atoms. The molecule has 1 heterocycles. The molecule has 1 saturated carbocycles. The van der Waals surface area contributed by atoms with Crippen LogP contribution in [-0.4, -0.2) is 29.1 Å². The maximum absolute atomic E-state index is 6.01. The summed E-state index contributed by atoms with van der Waals surface area (Å²) < 4.78 is 0. The predicted molar refractivity (Wildman–Crippen MR) is 88.7 cm³/mol. The van der Waals surface area contributed by atoms with Gasteiger partial charge in [-0.25, -0.2) is 9.97 Å². The van der Waals surface area contributed by atoms with Crippen LogP contribution in [0.15, 0.2) is 6.07 Å². The van der Waals surface area contributed by atoms with Crippen LogP contribution >= 0.6 is 0 Å². The number of hydrogen-bond donors (Lipinski definition) is 1. The number of hydrogen-bond acceptors (Lipinski definition) is 4. The summed E-state index contributed by atoms with van der Waals surface area (Å²) in [6.45, 7) is 10.3. The monoisotopic (exact) mass is 290 g/mol. The Kier molecular flexibility index (Phi) is 5.57. The summed E-state index contributed by atoms with van der Waals surface area (Å²) in [6.07, 6.45) is 5.10. The highest BCUT2D eigenvalue weighted by molar-refractivity contribution is 5.41. The molecule has 1 aliphatic carbocycles. The fourth-order valence-electron chi connectivity index (χ4n) is 3.42. The molecule has 1 aromatic rings. The van der Waals surface area contributed by atoms with Crippen molar-refractivity contribution in [1.29, 1.82) is 0 Å². The number of nitrogens with two attached hydrogens (primary N) is 1. The number of anilines is 1. The topological polar surface area (TPSA) is 55.0 Å². The molecule has 0 radical (unpaired) electrons. The third kappa shape index (κ3) is 3.73. The average Bonchev–Trinajstić information content (AvgIpc) is 2.48. The molecule has 0 bridgehead atoms. The van der Waals surface area contributed by atoms with Crippen LogP contribution in [0, 0.1) is 12.8 Å². The Labute approximate surface area is 129 Å². The van der Waals surface area contributed by atoms with Crippen molar-refractivity contribution in [3.8, 4) is 0 Å². The Bertz CT molecular complexity index is 458. The van der Waals surface area contributed by atoms with Gasteiger partial charge < -0.3 is 10.6 Å². The fraction of sp³-hybridized carbons (Fsp3) is 0.765. The number of aromatic nitrogens is 2. The maximum Gasteiger partial charge on any atom is 0.133 e. The molecule has 2 unspecified atom stereocenters. The van der Waals surface area contributed by atoms with Gasteiger partial charge in [-0.3, -0.25) is 0 Å². The van der Waals surface area contributed by atoms with Crippen LogP contribution < -0.4 is 10.6 Å². The van der Waals surface area contributed by atoms with Crippen LogP contribution in [0.5, 0.6) is 0 Å². The van der Waals surface area contributed by atoms with Crippen molar-refractivity contribution < 1.29 is 0 Å². The largest absolute Gasteiger partial charge is 0.353 e. The van der Waals surface area contributed by atoms with E-state index >= 15 is 0 Å². The minimum atomic E-state index is 0.360. The second kappa shape index (κ2) is 7.21. The Morgan fingerprint density at radius 3 is 2.62 bits per heavy atom. The highest BCUT2D eigenvalue weighted by Crippen LogP contribution is 2.31. The van der Waals surface area contributed by atoms with E-state index in [0.717, 1.165) is 30.4 Å². The van der Waals surface area contributed by atoms with E-state index in [4.69, 9.17) is 10.7 Å². The summed E-state index contributed by atoms with van der Waals surface area (Å²) >= 11 is 0. The van der Waals surface area contributed by atoms with Gasteiger partial charge in [0.2, 0.25) is 0 Å².